The number of pyridine rings is 1. The Morgan fingerprint density at radius 3 is 2.35 bits per heavy atom. The zero-order chi connectivity index (χ0) is 19.5. The third kappa shape index (κ3) is 4.48. The van der Waals surface area contributed by atoms with Gasteiger partial charge in [0, 0.05) is 6.20 Å². The lowest BCUT2D eigenvalue weighted by atomic mass is 10.1. The Morgan fingerprint density at radius 1 is 1.12 bits per heavy atom. The first-order valence-electron chi connectivity index (χ1n) is 7.56. The number of imidazole rings is 1. The second-order valence-electron chi connectivity index (χ2n) is 5.68. The van der Waals surface area contributed by atoms with E-state index in [2.05, 4.69) is 15.0 Å². The molecule has 0 saturated heterocycles. The highest BCUT2D eigenvalue weighted by atomic mass is 32.2. The van der Waals surface area contributed by atoms with Gasteiger partial charge in [0.15, 0.2) is 0 Å². The molecule has 26 heavy (non-hydrogen) atoms. The number of aromatic nitrogens is 3. The van der Waals surface area contributed by atoms with E-state index in [1.54, 1.807) is 18.3 Å². The smallest absolute Gasteiger partial charge is 0.329 e. The molecular formula is C17H17F2N3O3S. The van der Waals surface area contributed by atoms with Gasteiger partial charge >= 0.3 is 6.29 Å². The summed E-state index contributed by atoms with van der Waals surface area (Å²) in [4.78, 5) is 19.4. The lowest BCUT2D eigenvalue weighted by Crippen LogP contribution is -2.10. The van der Waals surface area contributed by atoms with Crippen molar-refractivity contribution in [2.45, 2.75) is 31.7 Å². The van der Waals surface area contributed by atoms with Crippen LogP contribution in [0.4, 0.5) is 13.6 Å². The molecule has 9 heteroatoms. The first-order chi connectivity index (χ1) is 12.1. The molecule has 0 fully saturated rings. The van der Waals surface area contributed by atoms with Crippen molar-refractivity contribution in [2.75, 3.05) is 0 Å². The van der Waals surface area contributed by atoms with Gasteiger partial charge in [0.1, 0.15) is 5.75 Å². The predicted molar refractivity (Wildman–Crippen MR) is 93.0 cm³/mol. The Labute approximate surface area is 149 Å². The molecule has 1 aromatic carbocycles. The number of halogens is 2. The molecule has 3 rings (SSSR count). The number of hydrogen-bond acceptors (Lipinski definition) is 5. The van der Waals surface area contributed by atoms with E-state index in [1.165, 1.54) is 0 Å². The van der Waals surface area contributed by atoms with Gasteiger partial charge in [-0.25, -0.2) is 18.2 Å². The standard InChI is InChI=1S/C16H17N3O2S.CF2O/c1-10-8-17-15(12(3)11(10)2)9-22(20,21)16-18-13-6-4-5-7-14(13)19-16;2-1(3)4/h4-8H,9H2,1-3H3,(H,18,19);. The van der Waals surface area contributed by atoms with Crippen LogP contribution in [-0.4, -0.2) is 29.7 Å². The second-order valence-corrected chi connectivity index (χ2v) is 7.59. The Hall–Kier alpha value is -2.68. The van der Waals surface area contributed by atoms with Gasteiger partial charge in [0.25, 0.3) is 0 Å². The van der Waals surface area contributed by atoms with E-state index in [9.17, 15) is 17.2 Å². The number of aromatic amines is 1. The summed E-state index contributed by atoms with van der Waals surface area (Å²) in [5.74, 6) is -0.153. The van der Waals surface area contributed by atoms with E-state index in [0.717, 1.165) is 16.7 Å². The minimum atomic E-state index is -3.56. The maximum absolute atomic E-state index is 12.6. The van der Waals surface area contributed by atoms with Crippen LogP contribution in [0, 0.1) is 20.8 Å². The van der Waals surface area contributed by atoms with E-state index < -0.39 is 16.1 Å². The molecule has 0 saturated carbocycles. The van der Waals surface area contributed by atoms with Gasteiger partial charge in [0.05, 0.1) is 16.7 Å². The first-order valence-corrected chi connectivity index (χ1v) is 9.21. The Bertz CT molecular complexity index is 1030. The van der Waals surface area contributed by atoms with Crippen LogP contribution in [0.5, 0.6) is 0 Å². The number of aryl methyl sites for hydroxylation is 1. The summed E-state index contributed by atoms with van der Waals surface area (Å²) in [5.41, 5.74) is 4.98. The zero-order valence-corrected chi connectivity index (χ0v) is 15.2. The monoisotopic (exact) mass is 381 g/mol. The largest absolute Gasteiger partial charge is 0.483 e. The molecular weight excluding hydrogens is 364 g/mol. The predicted octanol–water partition coefficient (Wildman–Crippen LogP) is 3.90. The van der Waals surface area contributed by atoms with Gasteiger partial charge in [-0.15, -0.1) is 8.78 Å². The first kappa shape index (κ1) is 19.6. The molecule has 0 aliphatic heterocycles. The molecule has 2 heterocycles. The van der Waals surface area contributed by atoms with Crippen molar-refractivity contribution in [1.82, 2.24) is 15.0 Å². The fraction of sp³-hybridized carbons (Fsp3) is 0.235. The average Bonchev–Trinajstić information content (AvgIpc) is 3.00. The highest BCUT2D eigenvalue weighted by molar-refractivity contribution is 7.90. The van der Waals surface area contributed by atoms with Crippen molar-refractivity contribution in [2.24, 2.45) is 0 Å². The molecule has 3 aromatic rings. The number of carbonyl (C=O) groups excluding carboxylic acids is 1. The maximum atomic E-state index is 12.6. The van der Waals surface area contributed by atoms with Crippen LogP contribution >= 0.6 is 0 Å². The Kier molecular flexibility index (Phi) is 5.81. The van der Waals surface area contributed by atoms with Crippen LogP contribution in [0.1, 0.15) is 22.4 Å². The number of nitrogens with one attached hydrogen (secondary N) is 1. The van der Waals surface area contributed by atoms with E-state index in [4.69, 9.17) is 4.79 Å². The van der Waals surface area contributed by atoms with Crippen molar-refractivity contribution >= 4 is 27.2 Å². The van der Waals surface area contributed by atoms with Crippen LogP contribution in [-0.2, 0) is 15.6 Å². The number of sulfone groups is 1. The summed E-state index contributed by atoms with van der Waals surface area (Å²) >= 11 is 0. The Balaban J connectivity index is 0.000000552. The summed E-state index contributed by atoms with van der Waals surface area (Å²) in [6, 6.07) is 7.26. The molecule has 2 aromatic heterocycles. The molecule has 6 nitrogen and oxygen atoms in total. The number of carbonyl (C=O) groups is 1. The number of H-pyrrole nitrogens is 1. The highest BCUT2D eigenvalue weighted by Crippen LogP contribution is 2.21. The summed E-state index contributed by atoms with van der Waals surface area (Å²) in [6.07, 6.45) is -1.12. The molecule has 0 spiro atoms. The van der Waals surface area contributed by atoms with Crippen molar-refractivity contribution in [3.05, 3.63) is 52.8 Å². The number of nitrogens with zero attached hydrogens (tertiary/aromatic N) is 2. The van der Waals surface area contributed by atoms with Gasteiger partial charge < -0.3 is 4.98 Å². The van der Waals surface area contributed by atoms with E-state index in [1.807, 2.05) is 32.9 Å². The molecule has 0 atom stereocenters. The summed E-state index contributed by atoms with van der Waals surface area (Å²) in [5, 5.41) is -0.00636. The van der Waals surface area contributed by atoms with Crippen LogP contribution in [0.25, 0.3) is 11.0 Å². The molecule has 0 unspecified atom stereocenters. The summed E-state index contributed by atoms with van der Waals surface area (Å²) in [7, 11) is -3.56. The third-order valence-corrected chi connectivity index (χ3v) is 5.43. The van der Waals surface area contributed by atoms with Crippen molar-refractivity contribution in [1.29, 1.82) is 0 Å². The Morgan fingerprint density at radius 2 is 1.73 bits per heavy atom. The van der Waals surface area contributed by atoms with Crippen LogP contribution in [0.15, 0.2) is 35.6 Å². The average molecular weight is 381 g/mol. The minimum Gasteiger partial charge on any atom is -0.329 e. The van der Waals surface area contributed by atoms with Crippen LogP contribution < -0.4 is 0 Å². The summed E-state index contributed by atoms with van der Waals surface area (Å²) in [6.45, 7) is 5.84. The van der Waals surface area contributed by atoms with Gasteiger partial charge in [-0.2, -0.15) is 0 Å². The molecule has 0 bridgehead atoms. The van der Waals surface area contributed by atoms with E-state index in [0.29, 0.717) is 16.7 Å². The van der Waals surface area contributed by atoms with E-state index in [-0.39, 0.29) is 10.9 Å². The number of rotatable bonds is 3. The normalized spacial score (nSPS) is 11.1. The molecule has 138 valence electrons. The quantitative estimate of drug-likeness (QED) is 0.695. The lowest BCUT2D eigenvalue weighted by molar-refractivity contribution is 0.199. The fourth-order valence-corrected chi connectivity index (χ4v) is 3.64. The van der Waals surface area contributed by atoms with E-state index >= 15 is 0 Å². The lowest BCUT2D eigenvalue weighted by Gasteiger charge is -2.09. The van der Waals surface area contributed by atoms with Gasteiger partial charge in [-0.3, -0.25) is 4.98 Å². The van der Waals surface area contributed by atoms with Gasteiger partial charge in [0.2, 0.25) is 15.0 Å². The molecule has 0 aliphatic rings. The maximum Gasteiger partial charge on any atom is 0.483 e. The molecule has 0 amide bonds. The van der Waals surface area contributed by atoms with Crippen molar-refractivity contribution in [3.63, 3.8) is 0 Å². The topological polar surface area (TPSA) is 92.8 Å². The highest BCUT2D eigenvalue weighted by Gasteiger charge is 2.22. The molecule has 1 N–H and O–H groups in total. The molecule has 0 aliphatic carbocycles. The fourth-order valence-electron chi connectivity index (χ4n) is 2.35. The number of para-hydroxylation sites is 2. The number of fused-ring (bicyclic) bond motifs is 1. The van der Waals surface area contributed by atoms with Gasteiger partial charge in [-0.1, -0.05) is 12.1 Å². The second kappa shape index (κ2) is 7.69. The third-order valence-electron chi connectivity index (χ3n) is 3.99. The SMILES string of the molecule is Cc1cnc(CS(=O)(=O)c2nc3ccccc3[nH]2)c(C)c1C.O=C(F)F. The minimum absolute atomic E-state index is 0.00636. The van der Waals surface area contributed by atoms with Crippen molar-refractivity contribution < 1.29 is 22.0 Å². The number of hydrogen-bond donors (Lipinski definition) is 1. The van der Waals surface area contributed by atoms with Crippen molar-refractivity contribution in [3.8, 4) is 0 Å². The van der Waals surface area contributed by atoms with Crippen LogP contribution in [0.2, 0.25) is 0 Å². The number of benzene rings is 1. The van der Waals surface area contributed by atoms with Crippen LogP contribution in [0.3, 0.4) is 0 Å². The zero-order valence-electron chi connectivity index (χ0n) is 14.4. The van der Waals surface area contributed by atoms with Gasteiger partial charge in [-0.05, 0) is 49.6 Å². The molecule has 0 radical (unpaired) electrons. The summed E-state index contributed by atoms with van der Waals surface area (Å²) < 4.78 is 44.6.